The Morgan fingerprint density at radius 1 is 0.951 bits per heavy atom. The van der Waals surface area contributed by atoms with Crippen LogP contribution in [0.1, 0.15) is 73.1 Å². The highest BCUT2D eigenvalue weighted by Crippen LogP contribution is 2.75. The van der Waals surface area contributed by atoms with Crippen molar-refractivity contribution >= 4 is 18.2 Å². The third kappa shape index (κ3) is 4.04. The number of benzene rings is 2. The number of carbonyl (C=O) groups is 2. The maximum Gasteiger partial charge on any atom is 0.338 e. The molecular weight excluding hydrogens is 514 g/mol. The fourth-order valence-corrected chi connectivity index (χ4v) is 10.4. The van der Waals surface area contributed by atoms with Gasteiger partial charge in [0.2, 0.25) is 0 Å². The summed E-state index contributed by atoms with van der Waals surface area (Å²) in [6, 6.07) is 18.5. The number of aliphatic hydroxyl groups excluding tert-OH is 1. The van der Waals surface area contributed by atoms with Crippen molar-refractivity contribution in [1.29, 1.82) is 0 Å². The second-order valence-electron chi connectivity index (χ2n) is 13.9. The maximum absolute atomic E-state index is 13.4. The van der Waals surface area contributed by atoms with Gasteiger partial charge >= 0.3 is 11.9 Å². The van der Waals surface area contributed by atoms with Crippen LogP contribution in [-0.2, 0) is 9.47 Å². The van der Waals surface area contributed by atoms with Gasteiger partial charge in [0.1, 0.15) is 25.5 Å². The summed E-state index contributed by atoms with van der Waals surface area (Å²) >= 11 is 0. The topological polar surface area (TPSA) is 75.8 Å². The molecule has 0 aromatic heterocycles. The predicted molar refractivity (Wildman–Crippen MR) is 155 cm³/mol. The first-order valence-corrected chi connectivity index (χ1v) is 15.5. The van der Waals surface area contributed by atoms with Gasteiger partial charge in [0, 0.05) is 10.8 Å². The number of ether oxygens (including phenoxy) is 2. The standard InChI is InChI=1S/C35H42NO5/c1-23-26-18-28-34-15-9-14-33(2,21-36(22-34)16-17-40-31(38)24-10-5-3-6-11-24)27(34)19-29(35(28,20-26)30(23)37)41-32(39)25-12-7-4-8-13-25/h3-8,10-13,22-23,26-30,37H,9,14-21H2,1-2H3/q+1/t23-,26-,27-,28+,29-,30-,33-,34-,35-/m0/s1. The van der Waals surface area contributed by atoms with E-state index >= 15 is 0 Å². The number of fused-ring (bicyclic) bond motifs is 1. The van der Waals surface area contributed by atoms with Crippen molar-refractivity contribution in [3.05, 3.63) is 71.8 Å². The predicted octanol–water partition coefficient (Wildman–Crippen LogP) is 5.39. The second-order valence-corrected chi connectivity index (χ2v) is 13.9. The summed E-state index contributed by atoms with van der Waals surface area (Å²) in [5, 5.41) is 11.9. The first-order chi connectivity index (χ1) is 19.8. The molecule has 41 heavy (non-hydrogen) atoms. The lowest BCUT2D eigenvalue weighted by Gasteiger charge is -2.64. The summed E-state index contributed by atoms with van der Waals surface area (Å²) in [7, 11) is 0. The first kappa shape index (κ1) is 26.9. The summed E-state index contributed by atoms with van der Waals surface area (Å²) < 4.78 is 14.6. The van der Waals surface area contributed by atoms with Crippen molar-refractivity contribution in [2.75, 3.05) is 19.7 Å². The smallest absolute Gasteiger partial charge is 0.338 e. The van der Waals surface area contributed by atoms with Gasteiger partial charge < -0.3 is 14.6 Å². The largest absolute Gasteiger partial charge is 0.458 e. The minimum absolute atomic E-state index is 0.0415. The molecule has 1 N–H and O–H groups in total. The van der Waals surface area contributed by atoms with Crippen molar-refractivity contribution in [1.82, 2.24) is 0 Å². The minimum Gasteiger partial charge on any atom is -0.458 e. The molecule has 9 atom stereocenters. The van der Waals surface area contributed by atoms with E-state index in [4.69, 9.17) is 9.47 Å². The number of aliphatic hydroxyl groups is 1. The Kier molecular flexibility index (Phi) is 6.42. The fourth-order valence-electron chi connectivity index (χ4n) is 10.4. The number of esters is 2. The lowest BCUT2D eigenvalue weighted by atomic mass is 9.40. The highest BCUT2D eigenvalue weighted by Gasteiger charge is 2.76. The van der Waals surface area contributed by atoms with Crippen molar-refractivity contribution in [3.8, 4) is 0 Å². The van der Waals surface area contributed by atoms with Gasteiger partial charge in [-0.15, -0.1) is 0 Å². The zero-order chi connectivity index (χ0) is 28.4. The molecule has 0 unspecified atom stereocenters. The zero-order valence-corrected chi connectivity index (χ0v) is 24.2. The summed E-state index contributed by atoms with van der Waals surface area (Å²) in [6.07, 6.45) is 7.97. The number of hydrogen-bond donors (Lipinski definition) is 1. The SMILES string of the molecule is C[C@H]1[C@H]2C[C@@H]3[C@]45C=[N+](CCOC(=O)c6ccccc6)C[C@](C)(CCC4)[C@@H]5C[C@H](OC(=O)c4ccccc4)[C@@]3(C2)[C@H]1O. The summed E-state index contributed by atoms with van der Waals surface area (Å²) in [5.74, 6) is 0.765. The Labute approximate surface area is 242 Å². The van der Waals surface area contributed by atoms with Crippen LogP contribution in [0.2, 0.25) is 0 Å². The Balaban J connectivity index is 1.20. The Morgan fingerprint density at radius 3 is 2.32 bits per heavy atom. The van der Waals surface area contributed by atoms with E-state index in [-0.39, 0.29) is 40.7 Å². The summed E-state index contributed by atoms with van der Waals surface area (Å²) in [5.41, 5.74) is 0.762. The highest BCUT2D eigenvalue weighted by atomic mass is 16.5. The van der Waals surface area contributed by atoms with E-state index < -0.39 is 11.5 Å². The monoisotopic (exact) mass is 556 g/mol. The van der Waals surface area contributed by atoms with Crippen molar-refractivity contribution in [3.63, 3.8) is 0 Å². The van der Waals surface area contributed by atoms with E-state index in [9.17, 15) is 14.7 Å². The molecule has 7 rings (SSSR count). The molecule has 6 heteroatoms. The molecule has 4 fully saturated rings. The molecule has 0 radical (unpaired) electrons. The number of carbonyl (C=O) groups excluding carboxylic acids is 2. The molecule has 216 valence electrons. The Morgan fingerprint density at radius 2 is 1.63 bits per heavy atom. The van der Waals surface area contributed by atoms with Crippen LogP contribution in [0.3, 0.4) is 0 Å². The van der Waals surface area contributed by atoms with Gasteiger partial charge in [0.25, 0.3) is 0 Å². The highest BCUT2D eigenvalue weighted by molar-refractivity contribution is 5.90. The van der Waals surface area contributed by atoms with E-state index in [1.54, 1.807) is 12.1 Å². The number of hydrogen-bond acceptors (Lipinski definition) is 5. The van der Waals surface area contributed by atoms with E-state index in [2.05, 4.69) is 24.6 Å². The third-order valence-electron chi connectivity index (χ3n) is 12.0. The lowest BCUT2D eigenvalue weighted by molar-refractivity contribution is -0.559. The molecule has 1 heterocycles. The average molecular weight is 557 g/mol. The zero-order valence-electron chi connectivity index (χ0n) is 24.2. The molecule has 0 saturated heterocycles. The van der Waals surface area contributed by atoms with Crippen LogP contribution in [0.4, 0.5) is 0 Å². The summed E-state index contributed by atoms with van der Waals surface area (Å²) in [6.45, 7) is 6.52. The normalized spacial score (nSPS) is 40.2. The van der Waals surface area contributed by atoms with E-state index in [0.717, 1.165) is 38.6 Å². The van der Waals surface area contributed by atoms with Gasteiger partial charge in [-0.3, -0.25) is 0 Å². The van der Waals surface area contributed by atoms with Crippen LogP contribution in [0.15, 0.2) is 60.7 Å². The van der Waals surface area contributed by atoms with Crippen molar-refractivity contribution in [2.24, 2.45) is 39.9 Å². The Bertz CT molecular complexity index is 1360. The second kappa shape index (κ2) is 9.79. The first-order valence-electron chi connectivity index (χ1n) is 15.5. The molecule has 5 aliphatic rings. The van der Waals surface area contributed by atoms with Crippen molar-refractivity contribution in [2.45, 2.75) is 64.6 Å². The third-order valence-corrected chi connectivity index (χ3v) is 12.0. The van der Waals surface area contributed by atoms with Gasteiger partial charge in [-0.05, 0) is 80.0 Å². The summed E-state index contributed by atoms with van der Waals surface area (Å²) in [4.78, 5) is 26.0. The molecule has 1 aliphatic heterocycles. The molecular formula is C35H42NO5+. The molecule has 1 spiro atoms. The quantitative estimate of drug-likeness (QED) is 0.382. The van der Waals surface area contributed by atoms with Gasteiger partial charge in [-0.25, -0.2) is 14.2 Å². The molecule has 0 amide bonds. The molecule has 4 aliphatic carbocycles. The van der Waals surface area contributed by atoms with Crippen LogP contribution in [0, 0.1) is 39.9 Å². The molecule has 4 bridgehead atoms. The van der Waals surface area contributed by atoms with Gasteiger partial charge in [-0.2, -0.15) is 0 Å². The van der Waals surface area contributed by atoms with Gasteiger partial charge in [-0.1, -0.05) is 56.7 Å². The molecule has 2 aromatic carbocycles. The van der Waals surface area contributed by atoms with Crippen LogP contribution in [0.25, 0.3) is 0 Å². The van der Waals surface area contributed by atoms with Gasteiger partial charge in [0.15, 0.2) is 6.54 Å². The minimum atomic E-state index is -0.473. The number of nitrogens with zero attached hydrogens (tertiary/aromatic N) is 1. The van der Waals surface area contributed by atoms with Crippen LogP contribution in [0.5, 0.6) is 0 Å². The van der Waals surface area contributed by atoms with Gasteiger partial charge in [0.05, 0.1) is 22.6 Å². The lowest BCUT2D eigenvalue weighted by Crippen LogP contribution is -2.69. The Hall–Kier alpha value is -2.99. The van der Waals surface area contributed by atoms with Crippen LogP contribution < -0.4 is 0 Å². The molecule has 6 nitrogen and oxygen atoms in total. The average Bonchev–Trinajstić information content (AvgIpc) is 3.50. The van der Waals surface area contributed by atoms with E-state index in [0.29, 0.717) is 36.1 Å². The maximum atomic E-state index is 13.4. The van der Waals surface area contributed by atoms with E-state index in [1.807, 2.05) is 48.5 Å². The molecule has 2 aromatic rings. The number of rotatable bonds is 6. The van der Waals surface area contributed by atoms with Crippen molar-refractivity contribution < 1.29 is 28.7 Å². The fraction of sp³-hybridized carbons (Fsp3) is 0.571. The van der Waals surface area contributed by atoms with E-state index in [1.165, 1.54) is 6.42 Å². The molecule has 4 saturated carbocycles. The van der Waals surface area contributed by atoms with Crippen LogP contribution in [-0.4, -0.2) is 59.7 Å². The van der Waals surface area contributed by atoms with Crippen LogP contribution >= 0.6 is 0 Å².